The third kappa shape index (κ3) is 36.6. The minimum absolute atomic E-state index is 0.0121. The Bertz CT molecular complexity index is 5190. The molecule has 7 aromatic rings. The van der Waals surface area contributed by atoms with Gasteiger partial charge in [-0.05, 0) is 269 Å². The van der Waals surface area contributed by atoms with Crippen LogP contribution in [0.15, 0.2) is 170 Å². The summed E-state index contributed by atoms with van der Waals surface area (Å²) in [6.45, 7) is 56.1. The summed E-state index contributed by atoms with van der Waals surface area (Å²) in [6, 6.07) is 45.5. The fourth-order valence-corrected chi connectivity index (χ4v) is 21.7. The molecule has 0 N–H and O–H groups in total. The van der Waals surface area contributed by atoms with Crippen LogP contribution in [-0.4, -0.2) is 326 Å². The highest BCUT2D eigenvalue weighted by molar-refractivity contribution is 7.90. The molecule has 14 rings (SSSR count). The lowest BCUT2D eigenvalue weighted by molar-refractivity contribution is -0.154. The third-order valence-corrected chi connectivity index (χ3v) is 30.2. The molecule has 7 aromatic carbocycles. The van der Waals surface area contributed by atoms with Gasteiger partial charge in [0.05, 0.1) is 19.3 Å². The summed E-state index contributed by atoms with van der Waals surface area (Å²) in [5.41, 5.74) is 1.45. The van der Waals surface area contributed by atoms with Crippen LogP contribution in [0.3, 0.4) is 0 Å². The molecule has 802 valence electrons. The predicted octanol–water partition coefficient (Wildman–Crippen LogP) is 21.5. The Morgan fingerprint density at radius 3 is 0.853 bits per heavy atom. The molecule has 36 heteroatoms. The van der Waals surface area contributed by atoms with E-state index in [4.69, 9.17) is 0 Å². The van der Waals surface area contributed by atoms with Crippen LogP contribution in [0.5, 0.6) is 0 Å². The number of likely N-dealkylation sites (N-methyl/N-ethyl adjacent to an activating group) is 2. The Morgan fingerprint density at radius 2 is 0.559 bits per heavy atom. The molecule has 0 aliphatic carbocycles. The number of hydrogen-bond donors (Lipinski definition) is 0. The van der Waals surface area contributed by atoms with Crippen LogP contribution in [0.25, 0.3) is 0 Å². The Hall–Kier alpha value is -7.24. The molecular weight excluding hydrogens is 1910 g/mol. The van der Waals surface area contributed by atoms with Crippen molar-refractivity contribution in [3.63, 3.8) is 0 Å². The highest BCUT2D eigenvalue weighted by Crippen LogP contribution is 2.41. The monoisotopic (exact) mass is 2070 g/mol. The summed E-state index contributed by atoms with van der Waals surface area (Å²) in [5.74, 6) is -1.89. The molecule has 0 spiro atoms. The molecule has 7 aliphatic rings. The van der Waals surface area contributed by atoms with E-state index in [1.807, 2.05) is 75.9 Å². The van der Waals surface area contributed by atoms with Gasteiger partial charge in [-0.15, -0.1) is 0 Å². The maximum atomic E-state index is 13.1. The second-order valence-electron chi connectivity index (χ2n) is 43.5. The van der Waals surface area contributed by atoms with Gasteiger partial charge in [0, 0.05) is 226 Å². The van der Waals surface area contributed by atoms with Gasteiger partial charge in [-0.25, -0.2) is 60.7 Å². The highest BCUT2D eigenvalue weighted by Gasteiger charge is 2.52. The summed E-state index contributed by atoms with van der Waals surface area (Å²) in [7, 11) is -6.43. The number of sulfonamides is 2. The molecular formula is C107H156F16N14O4S2. The SMILES string of the molecule is CC(C)(C)N1CCN(CC(F)(F)F)C[C@H]1c1ccc(F)cc1.CC(C)(C)N1CCN(CC(F)F)C[C@H]1c1ccc(F)cc1.CC(C)(C)N1CCN(CCF)C[C@H]1c1ccc(F)cc1.CC(C)(C)N1CCN(S(C)(=O)=O)C[C@H]1c1ccc(F)cc1.CC(C)N1CCN(S(=O)(=O)C(F)(F)F)C[C@H]1c1ccc(F)cc1.CCN1CCN(C(C)C)[C@H](c2ccc(F)cc2)C1.CN1CCN(C(C)(C)C)[C@H](c2ccc(F)cc2)C1. The van der Waals surface area contributed by atoms with Crippen molar-refractivity contribution in [2.45, 2.75) is 239 Å². The van der Waals surface area contributed by atoms with Crippen molar-refractivity contribution in [1.29, 1.82) is 0 Å². The van der Waals surface area contributed by atoms with Gasteiger partial charge in [-0.3, -0.25) is 49.0 Å². The number of hydrogen-bond acceptors (Lipinski definition) is 16. The van der Waals surface area contributed by atoms with Crippen molar-refractivity contribution in [2.24, 2.45) is 0 Å². The number of halogens is 16. The fourth-order valence-electron chi connectivity index (χ4n) is 19.9. The van der Waals surface area contributed by atoms with Gasteiger partial charge in [-0.1, -0.05) is 91.9 Å². The molecule has 0 bridgehead atoms. The zero-order valence-electron chi connectivity index (χ0n) is 87.6. The van der Waals surface area contributed by atoms with Gasteiger partial charge in [0.25, 0.3) is 6.43 Å². The van der Waals surface area contributed by atoms with Crippen LogP contribution >= 0.6 is 0 Å². The lowest BCUT2D eigenvalue weighted by atomic mass is 9.95. The lowest BCUT2D eigenvalue weighted by Gasteiger charge is -2.48. The Morgan fingerprint density at radius 1 is 0.315 bits per heavy atom. The van der Waals surface area contributed by atoms with Crippen LogP contribution in [0.1, 0.15) is 220 Å². The highest BCUT2D eigenvalue weighted by atomic mass is 32.2. The first-order chi connectivity index (χ1) is 66.4. The Labute approximate surface area is 841 Å². The minimum Gasteiger partial charge on any atom is -0.303 e. The standard InChI is InChI=1S/C16H22F4N2.C16H23F3N2.C16H24F2N2.C15H23FN2O2S.2C15H23FN2.C14H18F4N2O2S/c1-15(2,3)22-9-8-21(11-16(18,19)20)10-14(22)12-4-6-13(17)7-5-12;1-16(2,3)21-9-8-20(11-15(18)19)10-14(21)12-4-6-13(17)7-5-12;1-16(2,3)20-11-10-19(9-8-17)12-15(20)13-4-6-14(18)7-5-13;1-15(2,3)18-10-9-17(21(4,19)20)11-14(18)12-5-7-13(16)8-6-12;1-15(2,3)18-10-9-17(4)11-14(18)12-5-7-13(16)8-6-12;1-4-17-9-10-18(12(2)3)15(11-17)13-5-7-14(16)8-6-13;1-10(2)20-8-7-19(23(21,22)14(16,17)18)9-13(20)11-3-5-12(15)6-4-11/h4-7,14H,8-11H2,1-3H3;4-7,14-15H,8-11H2,1-3H3;4-7,15H,8-12H2,1-3H3;5-8,14H,9-11H2,1-4H3;5-8,14H,9-11H2,1-4H3;5-8,12,15H,4,9-11H2,1-3H3;3-6,10,13H,7-9H2,1-2H3/t2*14-;15-;2*14-;15-;13-/m0000000/s1. The molecule has 0 saturated carbocycles. The Kier molecular flexibility index (Phi) is 44.2. The third-order valence-electron chi connectivity index (χ3n) is 27.4. The molecule has 7 fully saturated rings. The van der Waals surface area contributed by atoms with Crippen molar-refractivity contribution in [3.8, 4) is 0 Å². The van der Waals surface area contributed by atoms with Crippen LogP contribution in [0, 0.1) is 40.7 Å². The van der Waals surface area contributed by atoms with Gasteiger partial charge < -0.3 is 9.80 Å². The number of alkyl halides is 9. The predicted molar refractivity (Wildman–Crippen MR) is 540 cm³/mol. The van der Waals surface area contributed by atoms with E-state index < -0.39 is 56.6 Å². The van der Waals surface area contributed by atoms with E-state index in [0.717, 1.165) is 94.2 Å². The first-order valence-electron chi connectivity index (χ1n) is 49.5. The quantitative estimate of drug-likeness (QED) is 0.0805. The second kappa shape index (κ2) is 52.3. The van der Waals surface area contributed by atoms with E-state index in [2.05, 4.69) is 155 Å². The van der Waals surface area contributed by atoms with E-state index in [1.165, 1.54) is 99.4 Å². The van der Waals surface area contributed by atoms with Gasteiger partial charge in [0.1, 0.15) is 47.4 Å². The topological polar surface area (TPSA) is 114 Å². The molecule has 0 aromatic heterocycles. The number of rotatable bonds is 17. The smallest absolute Gasteiger partial charge is 0.303 e. The van der Waals surface area contributed by atoms with Crippen molar-refractivity contribution >= 4 is 20.0 Å². The number of nitrogens with zero attached hydrogens (tertiary/aromatic N) is 14. The van der Waals surface area contributed by atoms with Crippen molar-refractivity contribution < 1.29 is 87.1 Å². The molecule has 7 aliphatic heterocycles. The number of benzene rings is 7. The summed E-state index contributed by atoms with van der Waals surface area (Å²) in [4.78, 5) is 26.3. The summed E-state index contributed by atoms with van der Waals surface area (Å²) in [6.07, 6.45) is -5.28. The normalized spacial score (nSPS) is 22.3. The van der Waals surface area contributed by atoms with E-state index in [-0.39, 0.29) is 126 Å². The van der Waals surface area contributed by atoms with Gasteiger partial charge in [0.2, 0.25) is 10.0 Å². The van der Waals surface area contributed by atoms with Crippen molar-refractivity contribution in [3.05, 3.63) is 250 Å². The summed E-state index contributed by atoms with van der Waals surface area (Å²) >= 11 is 0. The molecule has 0 amide bonds. The second-order valence-corrected chi connectivity index (χ2v) is 47.4. The Balaban J connectivity index is 0.000000204. The van der Waals surface area contributed by atoms with Gasteiger partial charge in [0.15, 0.2) is 0 Å². The van der Waals surface area contributed by atoms with Crippen LogP contribution in [0.2, 0.25) is 0 Å². The van der Waals surface area contributed by atoms with Crippen LogP contribution in [0.4, 0.5) is 70.2 Å². The molecule has 143 heavy (non-hydrogen) atoms. The maximum Gasteiger partial charge on any atom is 0.511 e. The average Bonchev–Trinajstić information content (AvgIpc) is 0.779. The molecule has 18 nitrogen and oxygen atoms in total. The largest absolute Gasteiger partial charge is 0.511 e. The van der Waals surface area contributed by atoms with Crippen molar-refractivity contribution in [2.75, 3.05) is 184 Å². The first kappa shape index (κ1) is 121. The summed E-state index contributed by atoms with van der Waals surface area (Å²) in [5, 5.41) is 0. The zero-order valence-corrected chi connectivity index (χ0v) is 89.2. The van der Waals surface area contributed by atoms with Crippen LogP contribution < -0.4 is 0 Å². The van der Waals surface area contributed by atoms with Gasteiger partial charge >= 0.3 is 21.7 Å². The minimum atomic E-state index is -5.37. The lowest BCUT2D eigenvalue weighted by Crippen LogP contribution is -2.56. The van der Waals surface area contributed by atoms with E-state index in [0.29, 0.717) is 86.9 Å². The van der Waals surface area contributed by atoms with Crippen molar-refractivity contribution in [1.82, 2.24) is 67.4 Å². The average molecular weight is 2070 g/mol. The van der Waals surface area contributed by atoms with Crippen LogP contribution in [-0.2, 0) is 20.0 Å². The molecule has 7 heterocycles. The zero-order chi connectivity index (χ0) is 107. The van der Waals surface area contributed by atoms with Gasteiger partial charge in [-0.2, -0.15) is 35.0 Å². The number of piperazine rings is 7. The maximum absolute atomic E-state index is 13.1. The molecule has 0 unspecified atom stereocenters. The fraction of sp³-hybridized carbons (Fsp3) is 0.607. The van der Waals surface area contributed by atoms with E-state index in [9.17, 15) is 87.1 Å². The van der Waals surface area contributed by atoms with E-state index in [1.54, 1.807) is 65.6 Å². The molecule has 7 atom stereocenters. The molecule has 0 radical (unpaired) electrons. The summed E-state index contributed by atoms with van der Waals surface area (Å²) < 4.78 is 255. The molecule has 7 saturated heterocycles. The first-order valence-corrected chi connectivity index (χ1v) is 52.8. The van der Waals surface area contributed by atoms with E-state index >= 15 is 0 Å².